The molecule has 0 saturated carbocycles. The van der Waals surface area contributed by atoms with Crippen LogP contribution < -0.4 is 5.43 Å². The van der Waals surface area contributed by atoms with Gasteiger partial charge in [0.05, 0.1) is 24.0 Å². The highest BCUT2D eigenvalue weighted by Gasteiger charge is 2.36. The smallest absolute Gasteiger partial charge is 0.289 e. The van der Waals surface area contributed by atoms with Gasteiger partial charge in [-0.05, 0) is 12.1 Å². The van der Waals surface area contributed by atoms with E-state index in [-0.39, 0.29) is 33.7 Å². The molecule has 3 aromatic rings. The summed E-state index contributed by atoms with van der Waals surface area (Å²) in [4.78, 5) is 45.1. The number of imidazole rings is 1. The molecule has 27 heavy (non-hydrogen) atoms. The van der Waals surface area contributed by atoms with E-state index in [1.807, 2.05) is 0 Å². The number of carbonyl (C=O) groups excluding carboxylic acids is 3. The molecule has 2 aromatic heterocycles. The highest BCUT2D eigenvalue weighted by molar-refractivity contribution is 7.09. The first-order chi connectivity index (χ1) is 13.0. The summed E-state index contributed by atoms with van der Waals surface area (Å²) < 4.78 is 1.58. The van der Waals surface area contributed by atoms with Crippen molar-refractivity contribution in [3.05, 3.63) is 68.1 Å². The van der Waals surface area contributed by atoms with Gasteiger partial charge in [0.15, 0.2) is 5.15 Å². The second kappa shape index (κ2) is 6.76. The average Bonchev–Trinajstić information content (AvgIpc) is 3.33. The van der Waals surface area contributed by atoms with E-state index in [4.69, 9.17) is 23.2 Å². The zero-order valence-electron chi connectivity index (χ0n) is 13.3. The van der Waals surface area contributed by atoms with E-state index in [1.165, 1.54) is 35.2 Å². The molecule has 1 aromatic carbocycles. The van der Waals surface area contributed by atoms with Crippen LogP contribution in [0.25, 0.3) is 0 Å². The Morgan fingerprint density at radius 3 is 2.41 bits per heavy atom. The number of rotatable bonds is 4. The number of hydrogen-bond acceptors (Lipinski definition) is 6. The lowest BCUT2D eigenvalue weighted by Crippen LogP contribution is -2.46. The van der Waals surface area contributed by atoms with Crippen LogP contribution in [-0.4, -0.2) is 37.3 Å². The Labute approximate surface area is 166 Å². The fraction of sp³-hybridized carbons (Fsp3) is 0.0625. The third kappa shape index (κ3) is 3.09. The van der Waals surface area contributed by atoms with Crippen molar-refractivity contribution in [3.8, 4) is 0 Å². The Bertz CT molecular complexity index is 1060. The predicted molar refractivity (Wildman–Crippen MR) is 97.9 cm³/mol. The normalized spacial score (nSPS) is 13.2. The molecule has 11 heteroatoms. The van der Waals surface area contributed by atoms with Crippen molar-refractivity contribution >= 4 is 52.3 Å². The average molecular weight is 422 g/mol. The van der Waals surface area contributed by atoms with E-state index in [1.54, 1.807) is 16.7 Å². The van der Waals surface area contributed by atoms with Crippen LogP contribution in [0.2, 0.25) is 10.3 Å². The zero-order valence-corrected chi connectivity index (χ0v) is 15.7. The first-order valence-corrected chi connectivity index (χ1v) is 9.18. The van der Waals surface area contributed by atoms with Gasteiger partial charge in [-0.15, -0.1) is 11.3 Å². The zero-order chi connectivity index (χ0) is 19.1. The van der Waals surface area contributed by atoms with Gasteiger partial charge in [0, 0.05) is 5.38 Å². The standard InChI is InChI=1S/C16H9Cl2N5O3S/c17-12-13(18)22(7-19-12)5-11-20-10(6-27-11)14(24)21-23-15(25)8-3-1-2-4-9(8)16(23)26/h1-4,6-7H,5H2,(H,21,24). The molecule has 1 aliphatic rings. The van der Waals surface area contributed by atoms with E-state index >= 15 is 0 Å². The van der Waals surface area contributed by atoms with Crippen LogP contribution in [0, 0.1) is 0 Å². The van der Waals surface area contributed by atoms with Crippen LogP contribution in [0.4, 0.5) is 0 Å². The SMILES string of the molecule is O=C(NN1C(=O)c2ccccc2C1=O)c1csc(Cn2cnc(Cl)c2Cl)n1. The Morgan fingerprint density at radius 1 is 1.15 bits per heavy atom. The van der Waals surface area contributed by atoms with Crippen molar-refractivity contribution < 1.29 is 14.4 Å². The lowest BCUT2D eigenvalue weighted by molar-refractivity contribution is 0.0517. The maximum atomic E-state index is 12.4. The third-order valence-electron chi connectivity index (χ3n) is 3.83. The summed E-state index contributed by atoms with van der Waals surface area (Å²) in [7, 11) is 0. The highest BCUT2D eigenvalue weighted by atomic mass is 35.5. The molecule has 0 atom stereocenters. The minimum Gasteiger partial charge on any atom is -0.313 e. The molecule has 0 fully saturated rings. The van der Waals surface area contributed by atoms with Crippen molar-refractivity contribution in [2.75, 3.05) is 0 Å². The maximum Gasteiger partial charge on any atom is 0.289 e. The van der Waals surface area contributed by atoms with Gasteiger partial charge in [0.25, 0.3) is 17.7 Å². The van der Waals surface area contributed by atoms with Crippen molar-refractivity contribution in [1.29, 1.82) is 0 Å². The topological polar surface area (TPSA) is 97.2 Å². The molecule has 0 spiro atoms. The first-order valence-electron chi connectivity index (χ1n) is 7.55. The van der Waals surface area contributed by atoms with E-state index in [2.05, 4.69) is 15.4 Å². The predicted octanol–water partition coefficient (Wildman–Crippen LogP) is 2.64. The largest absolute Gasteiger partial charge is 0.313 e. The second-order valence-electron chi connectivity index (χ2n) is 5.51. The lowest BCUT2D eigenvalue weighted by atomic mass is 10.1. The Balaban J connectivity index is 1.48. The quantitative estimate of drug-likeness (QED) is 0.652. The molecule has 3 amide bonds. The number of imide groups is 1. The van der Waals surface area contributed by atoms with Gasteiger partial charge in [-0.1, -0.05) is 35.3 Å². The number of fused-ring (bicyclic) bond motifs is 1. The number of hydrogen-bond donors (Lipinski definition) is 1. The van der Waals surface area contributed by atoms with Crippen molar-refractivity contribution in [1.82, 2.24) is 25.0 Å². The second-order valence-corrected chi connectivity index (χ2v) is 7.17. The van der Waals surface area contributed by atoms with Gasteiger partial charge in [0.2, 0.25) is 0 Å². The number of amides is 3. The molecular weight excluding hydrogens is 413 g/mol. The molecule has 0 bridgehead atoms. The summed E-state index contributed by atoms with van der Waals surface area (Å²) in [6.45, 7) is 0.281. The van der Waals surface area contributed by atoms with Crippen LogP contribution in [-0.2, 0) is 6.54 Å². The third-order valence-corrected chi connectivity index (χ3v) is 5.43. The van der Waals surface area contributed by atoms with Gasteiger partial charge in [-0.25, -0.2) is 9.97 Å². The number of nitrogens with one attached hydrogen (secondary N) is 1. The van der Waals surface area contributed by atoms with E-state index in [0.717, 1.165) is 0 Å². The number of halogens is 2. The summed E-state index contributed by atoms with van der Waals surface area (Å²) >= 11 is 13.0. The van der Waals surface area contributed by atoms with Crippen LogP contribution in [0.15, 0.2) is 36.0 Å². The number of nitrogens with zero attached hydrogens (tertiary/aromatic N) is 4. The summed E-state index contributed by atoms with van der Waals surface area (Å²) in [6, 6.07) is 6.36. The summed E-state index contributed by atoms with van der Waals surface area (Å²) in [6.07, 6.45) is 1.46. The fourth-order valence-electron chi connectivity index (χ4n) is 2.54. The van der Waals surface area contributed by atoms with Crippen LogP contribution in [0.5, 0.6) is 0 Å². The molecule has 0 saturated heterocycles. The number of aromatic nitrogens is 3. The summed E-state index contributed by atoms with van der Waals surface area (Å²) in [5.41, 5.74) is 2.87. The van der Waals surface area contributed by atoms with Crippen molar-refractivity contribution in [2.24, 2.45) is 0 Å². The summed E-state index contributed by atoms with van der Waals surface area (Å²) in [5.74, 6) is -1.83. The van der Waals surface area contributed by atoms with Crippen LogP contribution in [0.1, 0.15) is 36.2 Å². The van der Waals surface area contributed by atoms with Crippen molar-refractivity contribution in [2.45, 2.75) is 6.54 Å². The Morgan fingerprint density at radius 2 is 1.81 bits per heavy atom. The van der Waals surface area contributed by atoms with Gasteiger partial charge in [-0.2, -0.15) is 5.01 Å². The Hall–Kier alpha value is -2.75. The van der Waals surface area contributed by atoms with E-state index in [0.29, 0.717) is 10.0 Å². The minimum absolute atomic E-state index is 0.0777. The fourth-order valence-corrected chi connectivity index (χ4v) is 3.61. The number of thiazole rings is 1. The minimum atomic E-state index is -0.665. The van der Waals surface area contributed by atoms with E-state index < -0.39 is 17.7 Å². The molecule has 136 valence electrons. The van der Waals surface area contributed by atoms with Crippen LogP contribution >= 0.6 is 34.5 Å². The van der Waals surface area contributed by atoms with Crippen LogP contribution in [0.3, 0.4) is 0 Å². The molecule has 8 nitrogen and oxygen atoms in total. The van der Waals surface area contributed by atoms with Crippen molar-refractivity contribution in [3.63, 3.8) is 0 Å². The molecular formula is C16H9Cl2N5O3S. The number of hydrazine groups is 1. The van der Waals surface area contributed by atoms with E-state index in [9.17, 15) is 14.4 Å². The first kappa shape index (κ1) is 17.7. The molecule has 1 aliphatic heterocycles. The monoisotopic (exact) mass is 421 g/mol. The molecule has 0 aliphatic carbocycles. The molecule has 1 N–H and O–H groups in total. The molecule has 0 unspecified atom stereocenters. The van der Waals surface area contributed by atoms with Gasteiger partial charge < -0.3 is 4.57 Å². The summed E-state index contributed by atoms with van der Waals surface area (Å²) in [5, 5.41) is 3.24. The number of carbonyl (C=O) groups is 3. The van der Waals surface area contributed by atoms with Gasteiger partial charge in [0.1, 0.15) is 15.9 Å². The molecule has 4 rings (SSSR count). The van der Waals surface area contributed by atoms with Gasteiger partial charge >= 0.3 is 0 Å². The number of benzene rings is 1. The maximum absolute atomic E-state index is 12.4. The highest BCUT2D eigenvalue weighted by Crippen LogP contribution is 2.23. The van der Waals surface area contributed by atoms with Gasteiger partial charge in [-0.3, -0.25) is 19.8 Å². The molecule has 3 heterocycles. The Kier molecular flexibility index (Phi) is 4.42. The molecule has 0 radical (unpaired) electrons. The lowest BCUT2D eigenvalue weighted by Gasteiger charge is -2.13.